The smallest absolute Gasteiger partial charge is 0.0954 e. The number of aromatic nitrogens is 2. The molecule has 19 heavy (non-hydrogen) atoms. The van der Waals surface area contributed by atoms with Gasteiger partial charge in [-0.3, -0.25) is 0 Å². The second-order valence-corrected chi connectivity index (χ2v) is 6.23. The molecule has 0 aliphatic rings. The quantitative estimate of drug-likeness (QED) is 0.681. The molecule has 0 aliphatic heterocycles. The monoisotopic (exact) mass is 270 g/mol. The highest BCUT2D eigenvalue weighted by Crippen LogP contribution is 2.22. The number of rotatable bonds is 3. The van der Waals surface area contributed by atoms with Crippen molar-refractivity contribution in [1.29, 1.82) is 0 Å². The fourth-order valence-corrected chi connectivity index (χ4v) is 3.12. The zero-order chi connectivity index (χ0) is 13.4. The maximum atomic E-state index is 4.71. The van der Waals surface area contributed by atoms with Gasteiger partial charge in [0.05, 0.1) is 17.2 Å². The molecule has 3 heteroatoms. The van der Waals surface area contributed by atoms with Crippen molar-refractivity contribution < 1.29 is 0 Å². The molecule has 2 aromatic heterocycles. The zero-order valence-corrected chi connectivity index (χ0v) is 12.4. The zero-order valence-electron chi connectivity index (χ0n) is 11.6. The number of aryl methyl sites for hydroxylation is 1. The maximum Gasteiger partial charge on any atom is 0.0954 e. The fourth-order valence-electron chi connectivity index (χ4n) is 2.29. The van der Waals surface area contributed by atoms with E-state index >= 15 is 0 Å². The highest BCUT2D eigenvalue weighted by molar-refractivity contribution is 7.09. The van der Waals surface area contributed by atoms with E-state index in [-0.39, 0.29) is 0 Å². The predicted octanol–water partition coefficient (Wildman–Crippen LogP) is 4.58. The van der Waals surface area contributed by atoms with Crippen LogP contribution in [0.5, 0.6) is 0 Å². The Labute approximate surface area is 117 Å². The Bertz CT molecular complexity index is 706. The molecule has 0 spiro atoms. The van der Waals surface area contributed by atoms with Crippen LogP contribution in [0.3, 0.4) is 0 Å². The van der Waals surface area contributed by atoms with E-state index in [1.165, 1.54) is 21.5 Å². The summed E-state index contributed by atoms with van der Waals surface area (Å²) in [5, 5.41) is 4.71. The Balaban J connectivity index is 1.92. The molecule has 3 aromatic rings. The average Bonchev–Trinajstić information content (AvgIpc) is 2.97. The molecule has 0 radical (unpaired) electrons. The van der Waals surface area contributed by atoms with E-state index in [9.17, 15) is 0 Å². The van der Waals surface area contributed by atoms with Crippen LogP contribution in [0.15, 0.2) is 35.8 Å². The molecule has 2 nitrogen and oxygen atoms in total. The van der Waals surface area contributed by atoms with Crippen LogP contribution in [0.2, 0.25) is 0 Å². The number of thiazole rings is 1. The Morgan fingerprint density at radius 2 is 2.11 bits per heavy atom. The summed E-state index contributed by atoms with van der Waals surface area (Å²) < 4.78 is 2.27. The lowest BCUT2D eigenvalue weighted by atomic mass is 10.2. The van der Waals surface area contributed by atoms with Crippen LogP contribution in [-0.2, 0) is 6.54 Å². The molecule has 0 fully saturated rings. The highest BCUT2D eigenvalue weighted by Gasteiger charge is 2.07. The van der Waals surface area contributed by atoms with Gasteiger partial charge in [0, 0.05) is 23.0 Å². The second kappa shape index (κ2) is 4.82. The van der Waals surface area contributed by atoms with Crippen LogP contribution in [0.4, 0.5) is 0 Å². The van der Waals surface area contributed by atoms with E-state index in [2.05, 4.69) is 61.2 Å². The van der Waals surface area contributed by atoms with E-state index in [1.54, 1.807) is 11.3 Å². The standard InChI is InChI=1S/C16H18N2S/c1-11(2)16-17-14(10-19-16)9-18-7-6-13-8-12(3)4-5-15(13)18/h4-8,10-11H,9H2,1-3H3. The molecule has 0 saturated heterocycles. The van der Waals surface area contributed by atoms with Crippen molar-refractivity contribution in [3.05, 3.63) is 52.1 Å². The minimum Gasteiger partial charge on any atom is -0.341 e. The van der Waals surface area contributed by atoms with Crippen LogP contribution in [0, 0.1) is 6.92 Å². The molecule has 0 bridgehead atoms. The summed E-state index contributed by atoms with van der Waals surface area (Å²) >= 11 is 1.76. The second-order valence-electron chi connectivity index (χ2n) is 5.34. The van der Waals surface area contributed by atoms with Gasteiger partial charge in [0.1, 0.15) is 0 Å². The van der Waals surface area contributed by atoms with Gasteiger partial charge in [-0.2, -0.15) is 0 Å². The first-order valence-electron chi connectivity index (χ1n) is 6.63. The molecule has 3 rings (SSSR count). The van der Waals surface area contributed by atoms with Crippen molar-refractivity contribution in [3.8, 4) is 0 Å². The molecular formula is C16H18N2S. The van der Waals surface area contributed by atoms with Crippen LogP contribution in [0.1, 0.15) is 36.0 Å². The van der Waals surface area contributed by atoms with Gasteiger partial charge in [-0.05, 0) is 30.5 Å². The first-order valence-corrected chi connectivity index (χ1v) is 7.51. The molecule has 0 unspecified atom stereocenters. The summed E-state index contributed by atoms with van der Waals surface area (Å²) in [6.45, 7) is 7.37. The first-order chi connectivity index (χ1) is 9.13. The Kier molecular flexibility index (Phi) is 3.15. The van der Waals surface area contributed by atoms with Crippen molar-refractivity contribution >= 4 is 22.2 Å². The van der Waals surface area contributed by atoms with E-state index in [0.29, 0.717) is 5.92 Å². The van der Waals surface area contributed by atoms with Gasteiger partial charge in [0.2, 0.25) is 0 Å². The third kappa shape index (κ3) is 2.43. The van der Waals surface area contributed by atoms with Crippen LogP contribution in [0.25, 0.3) is 10.9 Å². The number of benzene rings is 1. The van der Waals surface area contributed by atoms with E-state index in [4.69, 9.17) is 4.98 Å². The van der Waals surface area contributed by atoms with Gasteiger partial charge in [0.25, 0.3) is 0 Å². The van der Waals surface area contributed by atoms with Crippen LogP contribution < -0.4 is 0 Å². The summed E-state index contributed by atoms with van der Waals surface area (Å²) in [6.07, 6.45) is 2.15. The van der Waals surface area contributed by atoms with Crippen LogP contribution in [-0.4, -0.2) is 9.55 Å². The molecule has 0 amide bonds. The molecule has 1 aromatic carbocycles. The lowest BCUT2D eigenvalue weighted by molar-refractivity contribution is 0.787. The molecule has 0 N–H and O–H groups in total. The normalized spacial score (nSPS) is 11.6. The first kappa shape index (κ1) is 12.4. The lowest BCUT2D eigenvalue weighted by Crippen LogP contribution is -1.98. The van der Waals surface area contributed by atoms with Crippen molar-refractivity contribution in [3.63, 3.8) is 0 Å². The summed E-state index contributed by atoms with van der Waals surface area (Å²) in [4.78, 5) is 4.71. The maximum absolute atomic E-state index is 4.71. The van der Waals surface area contributed by atoms with Gasteiger partial charge in [-0.15, -0.1) is 11.3 Å². The number of hydrogen-bond acceptors (Lipinski definition) is 2. The predicted molar refractivity (Wildman–Crippen MR) is 82.0 cm³/mol. The van der Waals surface area contributed by atoms with E-state index in [1.807, 2.05) is 0 Å². The molecular weight excluding hydrogens is 252 g/mol. The largest absolute Gasteiger partial charge is 0.341 e. The third-order valence-corrected chi connectivity index (χ3v) is 4.52. The third-order valence-electron chi connectivity index (χ3n) is 3.32. The summed E-state index contributed by atoms with van der Waals surface area (Å²) in [5.74, 6) is 0.516. The summed E-state index contributed by atoms with van der Waals surface area (Å²) in [7, 11) is 0. The van der Waals surface area contributed by atoms with Gasteiger partial charge in [-0.1, -0.05) is 25.5 Å². The molecule has 2 heterocycles. The van der Waals surface area contributed by atoms with E-state index < -0.39 is 0 Å². The minimum atomic E-state index is 0.516. The van der Waals surface area contributed by atoms with Gasteiger partial charge >= 0.3 is 0 Å². The Morgan fingerprint density at radius 1 is 1.26 bits per heavy atom. The molecule has 98 valence electrons. The number of fused-ring (bicyclic) bond motifs is 1. The molecule has 0 aliphatic carbocycles. The van der Waals surface area contributed by atoms with Crippen molar-refractivity contribution in [2.75, 3.05) is 0 Å². The highest BCUT2D eigenvalue weighted by atomic mass is 32.1. The van der Waals surface area contributed by atoms with E-state index in [0.717, 1.165) is 12.2 Å². The lowest BCUT2D eigenvalue weighted by Gasteiger charge is -2.03. The van der Waals surface area contributed by atoms with Gasteiger partial charge < -0.3 is 4.57 Å². The van der Waals surface area contributed by atoms with Gasteiger partial charge in [0.15, 0.2) is 0 Å². The van der Waals surface area contributed by atoms with Gasteiger partial charge in [-0.25, -0.2) is 4.98 Å². The minimum absolute atomic E-state index is 0.516. The fraction of sp³-hybridized carbons (Fsp3) is 0.312. The average molecular weight is 270 g/mol. The number of hydrogen-bond donors (Lipinski definition) is 0. The summed E-state index contributed by atoms with van der Waals surface area (Å²) in [6, 6.07) is 8.77. The summed E-state index contributed by atoms with van der Waals surface area (Å²) in [5.41, 5.74) is 3.75. The molecule has 0 atom stereocenters. The Hall–Kier alpha value is -1.61. The van der Waals surface area contributed by atoms with Crippen LogP contribution >= 0.6 is 11.3 Å². The number of nitrogens with zero attached hydrogens (tertiary/aromatic N) is 2. The van der Waals surface area contributed by atoms with Crippen molar-refractivity contribution in [2.45, 2.75) is 33.2 Å². The SMILES string of the molecule is Cc1ccc2c(ccn2Cc2csc(C(C)C)n2)c1. The Morgan fingerprint density at radius 3 is 2.84 bits per heavy atom. The van der Waals surface area contributed by atoms with Crippen molar-refractivity contribution in [2.24, 2.45) is 0 Å². The topological polar surface area (TPSA) is 17.8 Å². The van der Waals surface area contributed by atoms with Crippen molar-refractivity contribution in [1.82, 2.24) is 9.55 Å². The molecule has 0 saturated carbocycles.